The van der Waals surface area contributed by atoms with Gasteiger partial charge >= 0.3 is 0 Å². The predicted octanol–water partition coefficient (Wildman–Crippen LogP) is 7.55. The second-order valence-electron chi connectivity index (χ2n) is 7.49. The minimum absolute atomic E-state index is 0.889. The van der Waals surface area contributed by atoms with Crippen molar-refractivity contribution in [3.05, 3.63) is 72.3 Å². The predicted molar refractivity (Wildman–Crippen MR) is 123 cm³/mol. The standard InChI is InChI=1S/C27H32O2/c1-4-5-6-7-8-9-24-20-23(21-10-15-25(28-2)16-11-21)14-19-27(24)22-12-17-26(29-3)18-13-22/h10-20H,4-9H2,1-3H3. The number of ether oxygens (including phenoxy) is 2. The molecular weight excluding hydrogens is 356 g/mol. The highest BCUT2D eigenvalue weighted by molar-refractivity contribution is 5.74. The maximum Gasteiger partial charge on any atom is 0.118 e. The van der Waals surface area contributed by atoms with E-state index < -0.39 is 0 Å². The Bertz CT molecular complexity index is 879. The number of methoxy groups -OCH3 is 2. The van der Waals surface area contributed by atoms with Crippen LogP contribution < -0.4 is 9.47 Å². The van der Waals surface area contributed by atoms with E-state index in [2.05, 4.69) is 49.4 Å². The molecule has 0 spiro atoms. The monoisotopic (exact) mass is 388 g/mol. The molecule has 0 atom stereocenters. The Hall–Kier alpha value is -2.74. The SMILES string of the molecule is CCCCCCCc1cc(-c2ccc(OC)cc2)ccc1-c1ccc(OC)cc1. The lowest BCUT2D eigenvalue weighted by Crippen LogP contribution is -1.93. The molecule has 0 heterocycles. The summed E-state index contributed by atoms with van der Waals surface area (Å²) in [5, 5.41) is 0. The number of hydrogen-bond acceptors (Lipinski definition) is 2. The van der Waals surface area contributed by atoms with Crippen LogP contribution in [0.25, 0.3) is 22.3 Å². The van der Waals surface area contributed by atoms with E-state index in [4.69, 9.17) is 9.47 Å². The maximum absolute atomic E-state index is 5.32. The van der Waals surface area contributed by atoms with Crippen molar-refractivity contribution < 1.29 is 9.47 Å². The van der Waals surface area contributed by atoms with Crippen LogP contribution >= 0.6 is 0 Å². The first-order valence-electron chi connectivity index (χ1n) is 10.7. The third kappa shape index (κ3) is 5.63. The molecule has 2 nitrogen and oxygen atoms in total. The van der Waals surface area contributed by atoms with Gasteiger partial charge in [0, 0.05) is 0 Å². The zero-order valence-corrected chi connectivity index (χ0v) is 17.9. The summed E-state index contributed by atoms with van der Waals surface area (Å²) in [6, 6.07) is 23.6. The van der Waals surface area contributed by atoms with Gasteiger partial charge in [-0.15, -0.1) is 0 Å². The van der Waals surface area contributed by atoms with Crippen LogP contribution in [-0.4, -0.2) is 14.2 Å². The number of rotatable bonds is 10. The Morgan fingerprint density at radius 1 is 0.586 bits per heavy atom. The van der Waals surface area contributed by atoms with E-state index in [0.717, 1.165) is 17.9 Å². The molecule has 0 fully saturated rings. The van der Waals surface area contributed by atoms with Gasteiger partial charge in [0.1, 0.15) is 11.5 Å². The molecule has 29 heavy (non-hydrogen) atoms. The molecule has 0 radical (unpaired) electrons. The van der Waals surface area contributed by atoms with Gasteiger partial charge in [0.05, 0.1) is 14.2 Å². The highest BCUT2D eigenvalue weighted by atomic mass is 16.5. The number of aryl methyl sites for hydroxylation is 1. The van der Waals surface area contributed by atoms with E-state index in [-0.39, 0.29) is 0 Å². The summed E-state index contributed by atoms with van der Waals surface area (Å²) in [6.07, 6.45) is 7.57. The molecule has 3 aromatic rings. The van der Waals surface area contributed by atoms with Crippen LogP contribution in [0.4, 0.5) is 0 Å². The normalized spacial score (nSPS) is 10.7. The molecule has 0 saturated heterocycles. The smallest absolute Gasteiger partial charge is 0.118 e. The van der Waals surface area contributed by atoms with E-state index >= 15 is 0 Å². The lowest BCUT2D eigenvalue weighted by Gasteiger charge is -2.14. The molecule has 0 aliphatic rings. The molecule has 3 rings (SSSR count). The average molecular weight is 389 g/mol. The van der Waals surface area contributed by atoms with Crippen LogP contribution in [0.5, 0.6) is 11.5 Å². The summed E-state index contributed by atoms with van der Waals surface area (Å²) in [5.41, 5.74) is 6.46. The quantitative estimate of drug-likeness (QED) is 0.334. The zero-order chi connectivity index (χ0) is 20.5. The molecule has 0 bridgehead atoms. The number of unbranched alkanes of at least 4 members (excludes halogenated alkanes) is 4. The van der Waals surface area contributed by atoms with E-state index in [0.29, 0.717) is 0 Å². The van der Waals surface area contributed by atoms with Crippen LogP contribution in [0.3, 0.4) is 0 Å². The molecule has 152 valence electrons. The number of hydrogen-bond donors (Lipinski definition) is 0. The van der Waals surface area contributed by atoms with E-state index in [1.807, 2.05) is 24.3 Å². The lowest BCUT2D eigenvalue weighted by atomic mass is 9.92. The minimum Gasteiger partial charge on any atom is -0.497 e. The molecule has 0 aliphatic carbocycles. The van der Waals surface area contributed by atoms with Crippen LogP contribution in [0, 0.1) is 0 Å². The molecule has 0 saturated carbocycles. The Labute approximate surface area is 175 Å². The maximum atomic E-state index is 5.32. The second-order valence-corrected chi connectivity index (χ2v) is 7.49. The summed E-state index contributed by atoms with van der Waals surface area (Å²) in [7, 11) is 3.41. The van der Waals surface area contributed by atoms with Gasteiger partial charge in [-0.1, -0.05) is 75.1 Å². The Balaban J connectivity index is 1.88. The van der Waals surface area contributed by atoms with Crippen molar-refractivity contribution in [2.75, 3.05) is 14.2 Å². The third-order valence-electron chi connectivity index (χ3n) is 5.48. The van der Waals surface area contributed by atoms with Gasteiger partial charge in [-0.2, -0.15) is 0 Å². The molecule has 3 aromatic carbocycles. The first-order valence-corrected chi connectivity index (χ1v) is 10.7. The summed E-state index contributed by atoms with van der Waals surface area (Å²) < 4.78 is 10.6. The Kier molecular flexibility index (Phi) is 7.75. The van der Waals surface area contributed by atoms with Crippen molar-refractivity contribution in [3.63, 3.8) is 0 Å². The van der Waals surface area contributed by atoms with Crippen LogP contribution in [-0.2, 0) is 6.42 Å². The molecule has 0 unspecified atom stereocenters. The van der Waals surface area contributed by atoms with Gasteiger partial charge in [-0.25, -0.2) is 0 Å². The molecule has 2 heteroatoms. The summed E-state index contributed by atoms with van der Waals surface area (Å²) in [5.74, 6) is 1.78. The first kappa shape index (κ1) is 21.0. The minimum atomic E-state index is 0.889. The zero-order valence-electron chi connectivity index (χ0n) is 17.9. The van der Waals surface area contributed by atoms with Crippen molar-refractivity contribution in [3.8, 4) is 33.8 Å². The van der Waals surface area contributed by atoms with Crippen molar-refractivity contribution in [2.45, 2.75) is 45.4 Å². The Morgan fingerprint density at radius 2 is 1.14 bits per heavy atom. The summed E-state index contributed by atoms with van der Waals surface area (Å²) >= 11 is 0. The third-order valence-corrected chi connectivity index (χ3v) is 5.48. The van der Waals surface area contributed by atoms with E-state index in [1.165, 1.54) is 59.9 Å². The topological polar surface area (TPSA) is 18.5 Å². The fourth-order valence-corrected chi connectivity index (χ4v) is 3.73. The van der Waals surface area contributed by atoms with Crippen LogP contribution in [0.2, 0.25) is 0 Å². The number of benzene rings is 3. The van der Waals surface area contributed by atoms with Crippen molar-refractivity contribution in [2.24, 2.45) is 0 Å². The largest absolute Gasteiger partial charge is 0.497 e. The lowest BCUT2D eigenvalue weighted by molar-refractivity contribution is 0.415. The fraction of sp³-hybridized carbons (Fsp3) is 0.333. The molecule has 0 aromatic heterocycles. The van der Waals surface area contributed by atoms with Crippen LogP contribution in [0.1, 0.15) is 44.6 Å². The van der Waals surface area contributed by atoms with E-state index in [1.54, 1.807) is 14.2 Å². The fourth-order valence-electron chi connectivity index (χ4n) is 3.73. The summed E-state index contributed by atoms with van der Waals surface area (Å²) in [6.45, 7) is 2.26. The highest BCUT2D eigenvalue weighted by Crippen LogP contribution is 2.32. The molecule has 0 amide bonds. The molecular formula is C27H32O2. The molecule has 0 N–H and O–H groups in total. The van der Waals surface area contributed by atoms with Crippen molar-refractivity contribution in [1.82, 2.24) is 0 Å². The van der Waals surface area contributed by atoms with Gasteiger partial charge in [-0.05, 0) is 64.9 Å². The van der Waals surface area contributed by atoms with Gasteiger partial charge in [0.15, 0.2) is 0 Å². The van der Waals surface area contributed by atoms with Gasteiger partial charge < -0.3 is 9.47 Å². The van der Waals surface area contributed by atoms with Gasteiger partial charge in [-0.3, -0.25) is 0 Å². The van der Waals surface area contributed by atoms with Crippen LogP contribution in [0.15, 0.2) is 66.7 Å². The van der Waals surface area contributed by atoms with Gasteiger partial charge in [0.2, 0.25) is 0 Å². The summed E-state index contributed by atoms with van der Waals surface area (Å²) in [4.78, 5) is 0. The van der Waals surface area contributed by atoms with Crippen molar-refractivity contribution in [1.29, 1.82) is 0 Å². The highest BCUT2D eigenvalue weighted by Gasteiger charge is 2.09. The Morgan fingerprint density at radius 3 is 1.72 bits per heavy atom. The van der Waals surface area contributed by atoms with Gasteiger partial charge in [0.25, 0.3) is 0 Å². The molecule has 0 aliphatic heterocycles. The van der Waals surface area contributed by atoms with Crippen molar-refractivity contribution >= 4 is 0 Å². The first-order chi connectivity index (χ1) is 14.2. The average Bonchev–Trinajstić information content (AvgIpc) is 2.79. The second kappa shape index (κ2) is 10.7. The van der Waals surface area contributed by atoms with E-state index in [9.17, 15) is 0 Å².